The summed E-state index contributed by atoms with van der Waals surface area (Å²) in [5, 5.41) is 0.285. The fourth-order valence-corrected chi connectivity index (χ4v) is 3.03. The van der Waals surface area contributed by atoms with Gasteiger partial charge in [0.15, 0.2) is 22.5 Å². The van der Waals surface area contributed by atoms with Crippen molar-refractivity contribution >= 4 is 23.1 Å². The van der Waals surface area contributed by atoms with Gasteiger partial charge in [-0.15, -0.1) is 0 Å². The van der Waals surface area contributed by atoms with Crippen molar-refractivity contribution in [2.45, 2.75) is 26.8 Å². The summed E-state index contributed by atoms with van der Waals surface area (Å²) in [5.74, 6) is 2.25. The van der Waals surface area contributed by atoms with Crippen LogP contribution in [0.1, 0.15) is 25.0 Å². The van der Waals surface area contributed by atoms with E-state index in [0.717, 1.165) is 24.5 Å². The first-order chi connectivity index (χ1) is 11.6. The van der Waals surface area contributed by atoms with Crippen LogP contribution in [0.2, 0.25) is 5.15 Å². The maximum absolute atomic E-state index is 6.03. The first-order valence-electron chi connectivity index (χ1n) is 8.06. The minimum absolute atomic E-state index is 0.285. The molecule has 1 aromatic carbocycles. The fraction of sp³-hybridized carbons (Fsp3) is 0.412. The van der Waals surface area contributed by atoms with Crippen LogP contribution in [-0.4, -0.2) is 29.7 Å². The zero-order valence-corrected chi connectivity index (χ0v) is 14.6. The largest absolute Gasteiger partial charge is 0.490 e. The Labute approximate surface area is 146 Å². The summed E-state index contributed by atoms with van der Waals surface area (Å²) in [6.07, 6.45) is 2.32. The summed E-state index contributed by atoms with van der Waals surface area (Å²) in [5.41, 5.74) is 8.89. The van der Waals surface area contributed by atoms with Gasteiger partial charge in [0.25, 0.3) is 0 Å². The average molecular weight is 349 g/mol. The number of nitrogens with zero attached hydrogens (tertiary/aromatic N) is 3. The van der Waals surface area contributed by atoms with E-state index in [0.29, 0.717) is 31.3 Å². The Morgan fingerprint density at radius 2 is 1.79 bits per heavy atom. The van der Waals surface area contributed by atoms with Crippen molar-refractivity contribution in [2.75, 3.05) is 30.4 Å². The number of fused-ring (bicyclic) bond motifs is 1. The van der Waals surface area contributed by atoms with Gasteiger partial charge in [-0.05, 0) is 43.5 Å². The molecule has 2 N–H and O–H groups in total. The molecule has 3 rings (SSSR count). The average Bonchev–Trinajstić information content (AvgIpc) is 2.58. The van der Waals surface area contributed by atoms with E-state index in [1.54, 1.807) is 0 Å². The number of nitrogen functional groups attached to an aromatic ring is 1. The number of benzene rings is 1. The summed E-state index contributed by atoms with van der Waals surface area (Å²) >= 11 is 6.02. The predicted octanol–water partition coefficient (Wildman–Crippen LogP) is 3.07. The highest BCUT2D eigenvalue weighted by Crippen LogP contribution is 2.36. The van der Waals surface area contributed by atoms with Crippen LogP contribution in [0.3, 0.4) is 0 Å². The van der Waals surface area contributed by atoms with Gasteiger partial charge in [0.1, 0.15) is 12.0 Å². The van der Waals surface area contributed by atoms with Crippen molar-refractivity contribution in [3.8, 4) is 11.5 Å². The molecule has 0 aliphatic carbocycles. The molecule has 1 aliphatic heterocycles. The molecule has 0 fully saturated rings. The fourth-order valence-electron chi connectivity index (χ4n) is 2.90. The van der Waals surface area contributed by atoms with Gasteiger partial charge in [0.2, 0.25) is 0 Å². The molecular weight excluding hydrogens is 328 g/mol. The smallest absolute Gasteiger partial charge is 0.161 e. The monoisotopic (exact) mass is 348 g/mol. The Bertz CT molecular complexity index is 739. The molecular formula is C17H21ClN4O2. The van der Waals surface area contributed by atoms with Crippen molar-refractivity contribution in [1.82, 2.24) is 9.97 Å². The summed E-state index contributed by atoms with van der Waals surface area (Å²) in [6, 6.07) is 4.13. The third kappa shape index (κ3) is 3.19. The number of hydrogen-bond acceptors (Lipinski definition) is 6. The van der Waals surface area contributed by atoms with Gasteiger partial charge in [0.05, 0.1) is 13.2 Å². The first kappa shape index (κ1) is 16.6. The summed E-state index contributed by atoms with van der Waals surface area (Å²) < 4.78 is 11.4. The number of ether oxygens (including phenoxy) is 2. The topological polar surface area (TPSA) is 73.5 Å². The maximum atomic E-state index is 6.03. The molecule has 0 spiro atoms. The molecule has 128 valence electrons. The van der Waals surface area contributed by atoms with Crippen LogP contribution in [0.25, 0.3) is 0 Å². The number of halogens is 1. The second-order valence-corrected chi connectivity index (χ2v) is 5.87. The van der Waals surface area contributed by atoms with Gasteiger partial charge in [-0.2, -0.15) is 0 Å². The van der Waals surface area contributed by atoms with E-state index in [4.69, 9.17) is 26.8 Å². The molecule has 0 bridgehead atoms. The van der Waals surface area contributed by atoms with Crippen LogP contribution in [0, 0.1) is 0 Å². The lowest BCUT2D eigenvalue weighted by molar-refractivity contribution is 0.287. The van der Waals surface area contributed by atoms with E-state index in [2.05, 4.69) is 27.0 Å². The quantitative estimate of drug-likeness (QED) is 0.837. The third-order valence-corrected chi connectivity index (χ3v) is 4.29. The first-order valence-corrected chi connectivity index (χ1v) is 8.44. The van der Waals surface area contributed by atoms with Crippen molar-refractivity contribution < 1.29 is 9.47 Å². The van der Waals surface area contributed by atoms with E-state index >= 15 is 0 Å². The molecule has 24 heavy (non-hydrogen) atoms. The Hall–Kier alpha value is -2.21. The lowest BCUT2D eigenvalue weighted by Crippen LogP contribution is -2.32. The number of hydrogen-bond donors (Lipinski definition) is 1. The van der Waals surface area contributed by atoms with Gasteiger partial charge >= 0.3 is 0 Å². The molecule has 0 amide bonds. The summed E-state index contributed by atoms with van der Waals surface area (Å²) in [7, 11) is 0. The predicted molar refractivity (Wildman–Crippen MR) is 95.0 cm³/mol. The third-order valence-electron chi connectivity index (χ3n) is 3.99. The zero-order chi connectivity index (χ0) is 17.1. The maximum Gasteiger partial charge on any atom is 0.161 e. The molecule has 6 nitrogen and oxygen atoms in total. The number of nitrogens with two attached hydrogens (primary N) is 1. The highest BCUT2D eigenvalue weighted by molar-refractivity contribution is 6.32. The summed E-state index contributed by atoms with van der Waals surface area (Å²) in [4.78, 5) is 10.3. The lowest BCUT2D eigenvalue weighted by Gasteiger charge is -2.31. The molecule has 0 unspecified atom stereocenters. The van der Waals surface area contributed by atoms with Crippen LogP contribution in [0.15, 0.2) is 18.5 Å². The van der Waals surface area contributed by atoms with E-state index in [1.807, 2.05) is 13.8 Å². The Balaban J connectivity index is 1.92. The van der Waals surface area contributed by atoms with E-state index in [9.17, 15) is 0 Å². The van der Waals surface area contributed by atoms with Gasteiger partial charge in [-0.1, -0.05) is 11.6 Å². The molecule has 1 aliphatic rings. The molecule has 7 heteroatoms. The minimum Gasteiger partial charge on any atom is -0.490 e. The van der Waals surface area contributed by atoms with Gasteiger partial charge in [-0.25, -0.2) is 9.97 Å². The molecule has 0 saturated heterocycles. The highest BCUT2D eigenvalue weighted by Gasteiger charge is 2.22. The Morgan fingerprint density at radius 3 is 2.46 bits per heavy atom. The van der Waals surface area contributed by atoms with Crippen LogP contribution in [-0.2, 0) is 13.0 Å². The molecule has 2 aromatic rings. The van der Waals surface area contributed by atoms with Crippen molar-refractivity contribution in [1.29, 1.82) is 0 Å². The molecule has 1 aromatic heterocycles. The Kier molecular flexibility index (Phi) is 4.94. The van der Waals surface area contributed by atoms with Gasteiger partial charge < -0.3 is 20.1 Å². The second kappa shape index (κ2) is 7.13. The van der Waals surface area contributed by atoms with Gasteiger partial charge in [0, 0.05) is 13.1 Å². The van der Waals surface area contributed by atoms with E-state index < -0.39 is 0 Å². The molecule has 0 radical (unpaired) electrons. The van der Waals surface area contributed by atoms with E-state index in [1.165, 1.54) is 17.5 Å². The zero-order valence-electron chi connectivity index (χ0n) is 13.9. The lowest BCUT2D eigenvalue weighted by atomic mass is 9.98. The van der Waals surface area contributed by atoms with Crippen molar-refractivity contribution in [2.24, 2.45) is 0 Å². The normalized spacial score (nSPS) is 13.5. The minimum atomic E-state index is 0.285. The molecule has 0 atom stereocenters. The Morgan fingerprint density at radius 1 is 1.12 bits per heavy atom. The van der Waals surface area contributed by atoms with Gasteiger partial charge in [-0.3, -0.25) is 0 Å². The van der Waals surface area contributed by atoms with Crippen LogP contribution >= 0.6 is 11.6 Å². The van der Waals surface area contributed by atoms with Crippen molar-refractivity contribution in [3.63, 3.8) is 0 Å². The van der Waals surface area contributed by atoms with E-state index in [-0.39, 0.29) is 5.15 Å². The van der Waals surface area contributed by atoms with Crippen LogP contribution in [0.4, 0.5) is 11.5 Å². The number of rotatable bonds is 5. The van der Waals surface area contributed by atoms with Crippen LogP contribution < -0.4 is 20.1 Å². The summed E-state index contributed by atoms with van der Waals surface area (Å²) in [6.45, 7) is 6.64. The second-order valence-electron chi connectivity index (χ2n) is 5.51. The highest BCUT2D eigenvalue weighted by atomic mass is 35.5. The standard InChI is InChI=1S/C17H21ClN4O2/c1-3-23-13-7-11-5-6-22(9-12(11)8-14(13)24-4-2)17-15(19)16(18)20-10-21-17/h7-8,10H,3-6,9,19H2,1-2H3. The number of anilines is 2. The number of aromatic nitrogens is 2. The molecule has 2 heterocycles. The molecule has 0 saturated carbocycles. The van der Waals surface area contributed by atoms with Crippen LogP contribution in [0.5, 0.6) is 11.5 Å². The van der Waals surface area contributed by atoms with Crippen molar-refractivity contribution in [3.05, 3.63) is 34.7 Å². The SMILES string of the molecule is CCOc1cc2c(cc1OCC)CN(c1ncnc(Cl)c1N)CC2.